The second-order valence-corrected chi connectivity index (χ2v) is 4.94. The van der Waals surface area contributed by atoms with E-state index in [-0.39, 0.29) is 6.67 Å². The monoisotopic (exact) mass is 271 g/mol. The number of aromatic nitrogens is 1. The predicted molar refractivity (Wildman–Crippen MR) is 73.0 cm³/mol. The fourth-order valence-electron chi connectivity index (χ4n) is 1.85. The fraction of sp³-hybridized carbons (Fsp3) is 0.636. The van der Waals surface area contributed by atoms with Crippen LogP contribution in [0.5, 0.6) is 0 Å². The topological polar surface area (TPSA) is 57.8 Å². The Morgan fingerprint density at radius 2 is 2.22 bits per heavy atom. The number of rotatable bonds is 4. The van der Waals surface area contributed by atoms with Crippen molar-refractivity contribution in [1.82, 2.24) is 9.88 Å². The minimum Gasteiger partial charge on any atom is -0.370 e. The van der Waals surface area contributed by atoms with E-state index in [1.54, 1.807) is 11.3 Å². The molecule has 0 atom stereocenters. The Bertz CT molecular complexity index is 373. The van der Waals surface area contributed by atoms with Gasteiger partial charge in [-0.05, 0) is 6.42 Å². The standard InChI is InChI=1S/C11H18FN5S/c12-2-1-3-14-10(13)16-5-7-17(8-6-16)11-15-4-9-18-11/h4,9H,1-3,5-8H2,(H2,13,14). The first-order valence-electron chi connectivity index (χ1n) is 6.06. The molecule has 7 heteroatoms. The van der Waals surface area contributed by atoms with Crippen LogP contribution in [0.25, 0.3) is 0 Å². The third-order valence-corrected chi connectivity index (χ3v) is 3.69. The summed E-state index contributed by atoms with van der Waals surface area (Å²) in [5.74, 6) is 0.530. The molecule has 1 aliphatic heterocycles. The average molecular weight is 271 g/mol. The second kappa shape index (κ2) is 6.53. The molecule has 1 fully saturated rings. The number of halogens is 1. The lowest BCUT2D eigenvalue weighted by molar-refractivity contribution is 0.380. The molecular formula is C11H18FN5S. The number of hydrogen-bond acceptors (Lipinski definition) is 4. The molecule has 1 aliphatic rings. The molecule has 0 aromatic carbocycles. The zero-order valence-electron chi connectivity index (χ0n) is 10.3. The van der Waals surface area contributed by atoms with Gasteiger partial charge in [0.25, 0.3) is 0 Å². The average Bonchev–Trinajstić information content (AvgIpc) is 2.93. The van der Waals surface area contributed by atoms with Gasteiger partial charge in [-0.3, -0.25) is 9.38 Å². The predicted octanol–water partition coefficient (Wildman–Crippen LogP) is 0.939. The molecule has 2 N–H and O–H groups in total. The number of aliphatic imine (C=N–C) groups is 1. The van der Waals surface area contributed by atoms with Gasteiger partial charge in [0.1, 0.15) is 0 Å². The largest absolute Gasteiger partial charge is 0.370 e. The summed E-state index contributed by atoms with van der Waals surface area (Å²) < 4.78 is 12.0. The van der Waals surface area contributed by atoms with E-state index in [0.717, 1.165) is 31.3 Å². The zero-order valence-corrected chi connectivity index (χ0v) is 11.1. The van der Waals surface area contributed by atoms with Gasteiger partial charge in [-0.2, -0.15) is 0 Å². The Labute approximate surface area is 110 Å². The van der Waals surface area contributed by atoms with Crippen molar-refractivity contribution in [3.63, 3.8) is 0 Å². The van der Waals surface area contributed by atoms with Crippen LogP contribution in [0.3, 0.4) is 0 Å². The summed E-state index contributed by atoms with van der Waals surface area (Å²) in [5.41, 5.74) is 5.88. The number of hydrogen-bond donors (Lipinski definition) is 1. The molecule has 2 heterocycles. The highest BCUT2D eigenvalue weighted by Crippen LogP contribution is 2.18. The van der Waals surface area contributed by atoms with E-state index in [1.807, 2.05) is 16.5 Å². The molecule has 0 bridgehead atoms. The molecule has 1 saturated heterocycles. The van der Waals surface area contributed by atoms with E-state index in [4.69, 9.17) is 5.73 Å². The Hall–Kier alpha value is -1.37. The number of piperazine rings is 1. The lowest BCUT2D eigenvalue weighted by Gasteiger charge is -2.35. The molecule has 0 amide bonds. The lowest BCUT2D eigenvalue weighted by atomic mass is 10.3. The maximum atomic E-state index is 12.0. The summed E-state index contributed by atoms with van der Waals surface area (Å²) in [6.45, 7) is 3.60. The molecule has 0 radical (unpaired) electrons. The van der Waals surface area contributed by atoms with E-state index in [9.17, 15) is 4.39 Å². The van der Waals surface area contributed by atoms with Crippen molar-refractivity contribution in [2.75, 3.05) is 44.3 Å². The van der Waals surface area contributed by atoms with Crippen LogP contribution in [-0.4, -0.2) is 55.2 Å². The molecule has 1 aromatic rings. The second-order valence-electron chi connectivity index (χ2n) is 4.07. The third-order valence-electron chi connectivity index (χ3n) is 2.86. The quantitative estimate of drug-likeness (QED) is 0.503. The van der Waals surface area contributed by atoms with Crippen molar-refractivity contribution in [2.24, 2.45) is 10.7 Å². The molecule has 18 heavy (non-hydrogen) atoms. The molecule has 2 rings (SSSR count). The van der Waals surface area contributed by atoms with Gasteiger partial charge in [0.05, 0.1) is 6.67 Å². The first kappa shape index (κ1) is 13.1. The highest BCUT2D eigenvalue weighted by atomic mass is 32.1. The van der Waals surface area contributed by atoms with Gasteiger partial charge in [0.2, 0.25) is 0 Å². The van der Waals surface area contributed by atoms with Crippen LogP contribution in [0.4, 0.5) is 9.52 Å². The Balaban J connectivity index is 1.81. The van der Waals surface area contributed by atoms with Gasteiger partial charge < -0.3 is 15.5 Å². The molecule has 0 unspecified atom stereocenters. The van der Waals surface area contributed by atoms with Gasteiger partial charge in [-0.25, -0.2) is 4.98 Å². The molecular weight excluding hydrogens is 253 g/mol. The fourth-order valence-corrected chi connectivity index (χ4v) is 2.55. The van der Waals surface area contributed by atoms with Crippen LogP contribution < -0.4 is 10.6 Å². The van der Waals surface area contributed by atoms with Crippen LogP contribution in [-0.2, 0) is 0 Å². The summed E-state index contributed by atoms with van der Waals surface area (Å²) >= 11 is 1.65. The first-order valence-corrected chi connectivity index (χ1v) is 6.94. The zero-order chi connectivity index (χ0) is 12.8. The summed E-state index contributed by atoms with van der Waals surface area (Å²) in [4.78, 5) is 12.8. The number of anilines is 1. The Kier molecular flexibility index (Phi) is 4.74. The normalized spacial score (nSPS) is 17.3. The van der Waals surface area contributed by atoms with E-state index in [2.05, 4.69) is 14.9 Å². The van der Waals surface area contributed by atoms with Crippen LogP contribution in [0, 0.1) is 0 Å². The minimum atomic E-state index is -0.339. The molecule has 5 nitrogen and oxygen atoms in total. The molecule has 0 aliphatic carbocycles. The summed E-state index contributed by atoms with van der Waals surface area (Å²) in [5, 5.41) is 3.04. The van der Waals surface area contributed by atoms with Crippen molar-refractivity contribution >= 4 is 22.4 Å². The van der Waals surface area contributed by atoms with Crippen LogP contribution in [0.2, 0.25) is 0 Å². The first-order chi connectivity index (χ1) is 8.81. The Morgan fingerprint density at radius 1 is 1.44 bits per heavy atom. The van der Waals surface area contributed by atoms with Gasteiger partial charge in [0, 0.05) is 44.3 Å². The third kappa shape index (κ3) is 3.32. The van der Waals surface area contributed by atoms with Gasteiger partial charge in [-0.1, -0.05) is 0 Å². The van der Waals surface area contributed by atoms with Crippen molar-refractivity contribution in [1.29, 1.82) is 0 Å². The maximum Gasteiger partial charge on any atom is 0.191 e. The molecule has 0 spiro atoms. The summed E-state index contributed by atoms with van der Waals surface area (Å²) in [6.07, 6.45) is 2.26. The SMILES string of the molecule is NC(=NCCCF)N1CCN(c2nccs2)CC1. The summed E-state index contributed by atoms with van der Waals surface area (Å²) in [7, 11) is 0. The van der Waals surface area contributed by atoms with E-state index >= 15 is 0 Å². The maximum absolute atomic E-state index is 12.0. The van der Waals surface area contributed by atoms with Crippen molar-refractivity contribution in [2.45, 2.75) is 6.42 Å². The van der Waals surface area contributed by atoms with Gasteiger partial charge >= 0.3 is 0 Å². The molecule has 100 valence electrons. The minimum absolute atomic E-state index is 0.339. The summed E-state index contributed by atoms with van der Waals surface area (Å²) in [6, 6.07) is 0. The number of alkyl halides is 1. The Morgan fingerprint density at radius 3 is 2.83 bits per heavy atom. The number of thiazole rings is 1. The molecule has 0 saturated carbocycles. The highest BCUT2D eigenvalue weighted by molar-refractivity contribution is 7.13. The van der Waals surface area contributed by atoms with Crippen LogP contribution in [0.1, 0.15) is 6.42 Å². The smallest absolute Gasteiger partial charge is 0.191 e. The van der Waals surface area contributed by atoms with Crippen molar-refractivity contribution < 1.29 is 4.39 Å². The van der Waals surface area contributed by atoms with Gasteiger partial charge in [0.15, 0.2) is 11.1 Å². The van der Waals surface area contributed by atoms with Gasteiger partial charge in [-0.15, -0.1) is 11.3 Å². The van der Waals surface area contributed by atoms with Crippen molar-refractivity contribution in [3.8, 4) is 0 Å². The van der Waals surface area contributed by atoms with Crippen LogP contribution in [0.15, 0.2) is 16.6 Å². The number of nitrogens with zero attached hydrogens (tertiary/aromatic N) is 4. The lowest BCUT2D eigenvalue weighted by Crippen LogP contribution is -2.51. The molecule has 1 aromatic heterocycles. The number of guanidine groups is 1. The van der Waals surface area contributed by atoms with E-state index < -0.39 is 0 Å². The van der Waals surface area contributed by atoms with Crippen LogP contribution >= 0.6 is 11.3 Å². The number of nitrogens with two attached hydrogens (primary N) is 1. The highest BCUT2D eigenvalue weighted by Gasteiger charge is 2.19. The van der Waals surface area contributed by atoms with Crippen molar-refractivity contribution in [3.05, 3.63) is 11.6 Å². The van der Waals surface area contributed by atoms with E-state index in [0.29, 0.717) is 18.9 Å². The van der Waals surface area contributed by atoms with E-state index in [1.165, 1.54) is 0 Å².